The Bertz CT molecular complexity index is 1770. The predicted octanol–water partition coefficient (Wildman–Crippen LogP) is 3.80. The van der Waals surface area contributed by atoms with Gasteiger partial charge in [-0.1, -0.05) is 91.0 Å². The fraction of sp³-hybridized carbons (Fsp3) is 0.265. The van der Waals surface area contributed by atoms with Crippen LogP contribution in [0.1, 0.15) is 35.1 Å². The van der Waals surface area contributed by atoms with Crippen LogP contribution in [0.5, 0.6) is 0 Å². The number of halogens is 1. The number of rotatable bonds is 11. The van der Waals surface area contributed by atoms with E-state index in [9.17, 15) is 19.8 Å². The molecule has 5 aromatic rings. The Labute approximate surface area is 275 Å². The van der Waals surface area contributed by atoms with Crippen LogP contribution < -0.4 is 16.0 Å². The highest BCUT2D eigenvalue weighted by Crippen LogP contribution is 2.35. The van der Waals surface area contributed by atoms with Crippen LogP contribution in [0.25, 0.3) is 11.2 Å². The zero-order valence-corrected chi connectivity index (χ0v) is 26.0. The molecule has 2 unspecified atom stereocenters. The third kappa shape index (κ3) is 7.51. The number of alkyl carbamates (subject to hydrolysis) is 1. The Morgan fingerprint density at radius 2 is 1.55 bits per heavy atom. The minimum absolute atomic E-state index is 0.0131. The number of nitrogens with zero attached hydrogens (tertiary/aromatic N) is 4. The highest BCUT2D eigenvalue weighted by molar-refractivity contribution is 6.28. The van der Waals surface area contributed by atoms with Crippen molar-refractivity contribution in [3.8, 4) is 0 Å². The summed E-state index contributed by atoms with van der Waals surface area (Å²) in [7, 11) is 0. The molecule has 0 saturated heterocycles. The summed E-state index contributed by atoms with van der Waals surface area (Å²) in [5.74, 6) is -0.101. The Balaban J connectivity index is 1.11. The van der Waals surface area contributed by atoms with Crippen molar-refractivity contribution >= 4 is 40.6 Å². The van der Waals surface area contributed by atoms with Crippen molar-refractivity contribution in [1.82, 2.24) is 30.2 Å². The number of nitrogens with one attached hydrogen (secondary N) is 3. The topological polar surface area (TPSA) is 164 Å². The maximum Gasteiger partial charge on any atom is 0.407 e. The van der Waals surface area contributed by atoms with Crippen LogP contribution in [-0.4, -0.2) is 73.1 Å². The zero-order chi connectivity index (χ0) is 32.8. The SMILES string of the molecule is O=C(CNC(=O)OCc1ccccc1)N[C@H]1C[C@@H](n2cnc3c(NCC(c4ccccc4)c4ccccc4)nc(Cl)nc32)C(O)C1O. The summed E-state index contributed by atoms with van der Waals surface area (Å²) < 4.78 is 6.77. The van der Waals surface area contributed by atoms with E-state index in [1.165, 1.54) is 6.33 Å². The monoisotopic (exact) mass is 655 g/mol. The van der Waals surface area contributed by atoms with Crippen molar-refractivity contribution in [3.05, 3.63) is 119 Å². The number of carbonyl (C=O) groups is 2. The van der Waals surface area contributed by atoms with E-state index in [0.717, 1.165) is 16.7 Å². The van der Waals surface area contributed by atoms with Crippen LogP contribution in [0.15, 0.2) is 97.3 Å². The number of aliphatic hydroxyl groups excluding tert-OH is 2. The summed E-state index contributed by atoms with van der Waals surface area (Å²) >= 11 is 6.37. The van der Waals surface area contributed by atoms with E-state index < -0.39 is 36.3 Å². The van der Waals surface area contributed by atoms with Crippen LogP contribution in [0.2, 0.25) is 5.28 Å². The molecule has 2 heterocycles. The highest BCUT2D eigenvalue weighted by Gasteiger charge is 2.44. The number of ether oxygens (including phenoxy) is 1. The Hall–Kier alpha value is -5.04. The first-order valence-corrected chi connectivity index (χ1v) is 15.6. The van der Waals surface area contributed by atoms with Gasteiger partial charge in [0.15, 0.2) is 17.0 Å². The van der Waals surface area contributed by atoms with Crippen molar-refractivity contribution in [2.24, 2.45) is 0 Å². The third-order valence-electron chi connectivity index (χ3n) is 8.23. The van der Waals surface area contributed by atoms with Gasteiger partial charge in [-0.2, -0.15) is 9.97 Å². The molecule has 6 rings (SSSR count). The van der Waals surface area contributed by atoms with Crippen LogP contribution in [0, 0.1) is 0 Å². The number of hydrogen-bond acceptors (Lipinski definition) is 9. The van der Waals surface area contributed by atoms with Crippen LogP contribution >= 0.6 is 11.6 Å². The zero-order valence-electron chi connectivity index (χ0n) is 25.2. The second-order valence-electron chi connectivity index (χ2n) is 11.3. The molecule has 0 aliphatic heterocycles. The van der Waals surface area contributed by atoms with Gasteiger partial charge in [-0.25, -0.2) is 9.78 Å². The lowest BCUT2D eigenvalue weighted by molar-refractivity contribution is -0.121. The standard InChI is InChI=1S/C34H34ClN7O5/c35-33-40-31(36-17-24(22-12-6-2-7-13-22)23-14-8-3-9-15-23)28-32(41-33)42(20-38-28)26-16-25(29(44)30(26)45)39-27(43)18-37-34(46)47-19-21-10-4-1-5-11-21/h1-15,20,24-26,29-30,44-45H,16-19H2,(H,37,46)(H,39,43)(H,36,40,41)/t25-,26+,29?,30?/m0/s1. The fourth-order valence-corrected chi connectivity index (χ4v) is 6.03. The second kappa shape index (κ2) is 14.6. The van der Waals surface area contributed by atoms with Crippen molar-refractivity contribution in [1.29, 1.82) is 0 Å². The van der Waals surface area contributed by atoms with Gasteiger partial charge >= 0.3 is 6.09 Å². The molecule has 4 atom stereocenters. The van der Waals surface area contributed by atoms with Gasteiger partial charge in [0.2, 0.25) is 11.2 Å². The largest absolute Gasteiger partial charge is 0.445 e. The molecule has 12 nitrogen and oxygen atoms in total. The molecule has 1 fully saturated rings. The fourth-order valence-electron chi connectivity index (χ4n) is 5.86. The lowest BCUT2D eigenvalue weighted by atomic mass is 9.91. The summed E-state index contributed by atoms with van der Waals surface area (Å²) in [4.78, 5) is 38.0. The van der Waals surface area contributed by atoms with Gasteiger partial charge in [-0.3, -0.25) is 4.79 Å². The number of aliphatic hydroxyl groups is 2. The Kier molecular flexibility index (Phi) is 9.91. The molecule has 0 bridgehead atoms. The molecule has 5 N–H and O–H groups in total. The first kappa shape index (κ1) is 31.9. The van der Waals surface area contributed by atoms with E-state index in [-0.39, 0.29) is 30.8 Å². The summed E-state index contributed by atoms with van der Waals surface area (Å²) in [6.45, 7) is 0.195. The molecular formula is C34H34ClN7O5. The predicted molar refractivity (Wildman–Crippen MR) is 176 cm³/mol. The van der Waals surface area contributed by atoms with E-state index in [2.05, 4.69) is 55.2 Å². The summed E-state index contributed by atoms with van der Waals surface area (Å²) in [5.41, 5.74) is 3.88. The van der Waals surface area contributed by atoms with Gasteiger partial charge in [0.05, 0.1) is 18.4 Å². The molecule has 47 heavy (non-hydrogen) atoms. The smallest absolute Gasteiger partial charge is 0.407 e. The van der Waals surface area contributed by atoms with Crippen molar-refractivity contribution in [2.45, 2.75) is 43.2 Å². The molecule has 1 aliphatic rings. The number of aromatic nitrogens is 4. The molecule has 3 aromatic carbocycles. The highest BCUT2D eigenvalue weighted by atomic mass is 35.5. The lowest BCUT2D eigenvalue weighted by Crippen LogP contribution is -2.46. The number of hydrogen-bond donors (Lipinski definition) is 5. The number of amides is 2. The van der Waals surface area contributed by atoms with Crippen molar-refractivity contribution in [3.63, 3.8) is 0 Å². The van der Waals surface area contributed by atoms with Crippen LogP contribution in [0.4, 0.5) is 10.6 Å². The number of anilines is 1. The van der Waals surface area contributed by atoms with Crippen LogP contribution in [-0.2, 0) is 16.1 Å². The molecule has 13 heteroatoms. The van der Waals surface area contributed by atoms with Gasteiger partial charge in [0.25, 0.3) is 0 Å². The van der Waals surface area contributed by atoms with Crippen LogP contribution in [0.3, 0.4) is 0 Å². The molecule has 2 aromatic heterocycles. The van der Waals surface area contributed by atoms with E-state index >= 15 is 0 Å². The second-order valence-corrected chi connectivity index (χ2v) is 11.6. The average molecular weight is 656 g/mol. The minimum atomic E-state index is -1.28. The lowest BCUT2D eigenvalue weighted by Gasteiger charge is -2.20. The van der Waals surface area contributed by atoms with Crippen molar-refractivity contribution in [2.75, 3.05) is 18.4 Å². The van der Waals surface area contributed by atoms with Gasteiger partial charge < -0.3 is 35.5 Å². The van der Waals surface area contributed by atoms with Gasteiger partial charge in [-0.15, -0.1) is 0 Å². The van der Waals surface area contributed by atoms with E-state index in [1.807, 2.05) is 66.7 Å². The first-order valence-electron chi connectivity index (χ1n) is 15.2. The van der Waals surface area contributed by atoms with Gasteiger partial charge in [-0.05, 0) is 34.7 Å². The third-order valence-corrected chi connectivity index (χ3v) is 8.40. The maximum absolute atomic E-state index is 12.6. The van der Waals surface area contributed by atoms with E-state index in [0.29, 0.717) is 23.5 Å². The Morgan fingerprint density at radius 1 is 0.915 bits per heavy atom. The maximum atomic E-state index is 12.6. The number of fused-ring (bicyclic) bond motifs is 1. The molecular weight excluding hydrogens is 622 g/mol. The molecule has 1 aliphatic carbocycles. The Morgan fingerprint density at radius 3 is 2.21 bits per heavy atom. The normalized spacial score (nSPS) is 19.1. The van der Waals surface area contributed by atoms with E-state index in [4.69, 9.17) is 16.3 Å². The number of carbonyl (C=O) groups excluding carboxylic acids is 2. The molecule has 242 valence electrons. The summed E-state index contributed by atoms with van der Waals surface area (Å²) in [5, 5.41) is 30.3. The minimum Gasteiger partial charge on any atom is -0.445 e. The summed E-state index contributed by atoms with van der Waals surface area (Å²) in [6, 6.07) is 27.9. The molecule has 2 amide bonds. The quantitative estimate of drug-likeness (QED) is 0.133. The van der Waals surface area contributed by atoms with Crippen molar-refractivity contribution < 1.29 is 24.5 Å². The number of imidazole rings is 1. The first-order chi connectivity index (χ1) is 22.9. The van der Waals surface area contributed by atoms with Gasteiger partial charge in [0, 0.05) is 12.5 Å². The van der Waals surface area contributed by atoms with E-state index in [1.54, 1.807) is 4.57 Å². The van der Waals surface area contributed by atoms with Gasteiger partial charge in [0.1, 0.15) is 25.4 Å². The molecule has 0 spiro atoms. The molecule has 1 saturated carbocycles. The summed E-state index contributed by atoms with van der Waals surface area (Å²) in [6.07, 6.45) is -1.58. The average Bonchev–Trinajstić information content (AvgIpc) is 3.64. The molecule has 0 radical (unpaired) electrons. The number of benzene rings is 3.